The van der Waals surface area contributed by atoms with Gasteiger partial charge in [-0.25, -0.2) is 0 Å². The summed E-state index contributed by atoms with van der Waals surface area (Å²) < 4.78 is 12.2. The Morgan fingerprint density at radius 2 is 1.00 bits per heavy atom. The van der Waals surface area contributed by atoms with Crippen molar-refractivity contribution in [2.24, 2.45) is 0 Å². The topological polar surface area (TPSA) is 18.5 Å². The Bertz CT molecular complexity index is 172. The highest BCUT2D eigenvalue weighted by molar-refractivity contribution is 6.73. The summed E-state index contributed by atoms with van der Waals surface area (Å²) in [5.74, 6) is 0. The molecule has 0 aromatic heterocycles. The molecule has 0 rings (SSSR count). The van der Waals surface area contributed by atoms with Crippen molar-refractivity contribution in [3.05, 3.63) is 0 Å². The van der Waals surface area contributed by atoms with Crippen molar-refractivity contribution in [1.82, 2.24) is 0 Å². The fraction of sp³-hybridized carbons (Fsp3) is 1.00. The lowest BCUT2D eigenvalue weighted by molar-refractivity contribution is 0.401. The Morgan fingerprint density at radius 1 is 0.733 bits per heavy atom. The molecule has 0 spiro atoms. The first-order chi connectivity index (χ1) is 6.41. The van der Waals surface area contributed by atoms with Gasteiger partial charge in [-0.15, -0.1) is 0 Å². The van der Waals surface area contributed by atoms with Crippen LogP contribution in [-0.4, -0.2) is 28.1 Å². The number of hydrogen-bond donors (Lipinski definition) is 0. The van der Waals surface area contributed by atoms with Crippen LogP contribution in [0.1, 0.15) is 41.5 Å². The third-order valence-electron chi connectivity index (χ3n) is 1.71. The molecule has 0 unspecified atom stereocenters. The lowest BCUT2D eigenvalue weighted by atomic mass is 10.3. The second kappa shape index (κ2) is 5.27. The van der Waals surface area contributed by atoms with E-state index in [1.807, 2.05) is 0 Å². The highest BCUT2D eigenvalue weighted by Gasteiger charge is 2.28. The van der Waals surface area contributed by atoms with Crippen LogP contribution in [0.15, 0.2) is 0 Å². The van der Waals surface area contributed by atoms with Gasteiger partial charge < -0.3 is 8.23 Å². The minimum atomic E-state index is -1.80. The summed E-state index contributed by atoms with van der Waals surface area (Å²) in [6.45, 7) is 17.9. The molecule has 0 aliphatic rings. The van der Waals surface area contributed by atoms with Crippen LogP contribution >= 0.6 is 0 Å². The first-order valence-corrected chi connectivity index (χ1v) is 11.1. The molecule has 0 N–H and O–H groups in total. The molecule has 15 heavy (non-hydrogen) atoms. The molecule has 2 nitrogen and oxygen atoms in total. The molecular weight excluding hydrogens is 236 g/mol. The third-order valence-corrected chi connectivity index (χ3v) is 10.2. The van der Waals surface area contributed by atoms with E-state index in [0.29, 0.717) is 10.1 Å². The van der Waals surface area contributed by atoms with Crippen molar-refractivity contribution in [1.29, 1.82) is 0 Å². The highest BCUT2D eigenvalue weighted by Crippen LogP contribution is 2.25. The van der Waals surface area contributed by atoms with Gasteiger partial charge in [0.25, 0.3) is 0 Å². The van der Waals surface area contributed by atoms with E-state index in [1.54, 1.807) is 0 Å². The van der Waals surface area contributed by atoms with Crippen molar-refractivity contribution in [3.8, 4) is 0 Å². The molecule has 0 aromatic carbocycles. The standard InChI is InChI=1S/C10H28O2Si3/c1-9(2,3)13-11-15(7,8)12-14-10(4,5)6/h13-14H2,1-8H3. The first-order valence-electron chi connectivity index (χ1n) is 5.69. The van der Waals surface area contributed by atoms with E-state index in [9.17, 15) is 0 Å². The maximum absolute atomic E-state index is 6.08. The van der Waals surface area contributed by atoms with Gasteiger partial charge in [0, 0.05) is 0 Å². The maximum atomic E-state index is 6.08. The van der Waals surface area contributed by atoms with Gasteiger partial charge in [0.1, 0.15) is 0 Å². The van der Waals surface area contributed by atoms with Crippen molar-refractivity contribution >= 4 is 28.1 Å². The Balaban J connectivity index is 3.98. The molecule has 0 radical (unpaired) electrons. The van der Waals surface area contributed by atoms with E-state index >= 15 is 0 Å². The average Bonchev–Trinajstić information content (AvgIpc) is 1.96. The summed E-state index contributed by atoms with van der Waals surface area (Å²) >= 11 is 0. The Labute approximate surface area is 101 Å². The molecule has 0 heterocycles. The second-order valence-corrected chi connectivity index (χ2v) is 17.0. The summed E-state index contributed by atoms with van der Waals surface area (Å²) in [5, 5.41) is 0.744. The molecule has 0 aliphatic carbocycles. The average molecular weight is 265 g/mol. The van der Waals surface area contributed by atoms with Gasteiger partial charge in [-0.05, 0) is 23.2 Å². The van der Waals surface area contributed by atoms with E-state index < -0.39 is 28.1 Å². The third kappa shape index (κ3) is 10.8. The van der Waals surface area contributed by atoms with Crippen LogP contribution in [0.2, 0.25) is 23.2 Å². The van der Waals surface area contributed by atoms with Gasteiger partial charge in [0.2, 0.25) is 0 Å². The van der Waals surface area contributed by atoms with Gasteiger partial charge in [0.05, 0.1) is 0 Å². The van der Waals surface area contributed by atoms with Crippen LogP contribution in [0, 0.1) is 0 Å². The molecule has 0 saturated carbocycles. The maximum Gasteiger partial charge on any atom is 0.310 e. The minimum Gasteiger partial charge on any atom is -0.442 e. The molecule has 0 fully saturated rings. The van der Waals surface area contributed by atoms with Crippen molar-refractivity contribution in [2.45, 2.75) is 64.7 Å². The molecule has 0 aliphatic heterocycles. The van der Waals surface area contributed by atoms with Crippen LogP contribution in [0.25, 0.3) is 0 Å². The summed E-state index contributed by atoms with van der Waals surface area (Å²) in [5.41, 5.74) is 0. The molecular formula is C10H28O2Si3. The largest absolute Gasteiger partial charge is 0.442 e. The second-order valence-electron chi connectivity index (χ2n) is 7.10. The lowest BCUT2D eigenvalue weighted by Crippen LogP contribution is -2.40. The lowest BCUT2D eigenvalue weighted by Gasteiger charge is -2.30. The van der Waals surface area contributed by atoms with Gasteiger partial charge in [-0.1, -0.05) is 41.5 Å². The van der Waals surface area contributed by atoms with E-state index in [0.717, 1.165) is 0 Å². The van der Waals surface area contributed by atoms with E-state index in [-0.39, 0.29) is 0 Å². The summed E-state index contributed by atoms with van der Waals surface area (Å²) in [6, 6.07) is 0. The monoisotopic (exact) mass is 264 g/mol. The predicted molar refractivity (Wildman–Crippen MR) is 76.2 cm³/mol. The van der Waals surface area contributed by atoms with Crippen LogP contribution in [0.5, 0.6) is 0 Å². The zero-order valence-corrected chi connectivity index (χ0v) is 15.6. The summed E-state index contributed by atoms with van der Waals surface area (Å²) in [6.07, 6.45) is 0. The van der Waals surface area contributed by atoms with Gasteiger partial charge in [-0.3, -0.25) is 0 Å². The van der Waals surface area contributed by atoms with Crippen LogP contribution in [-0.2, 0) is 8.23 Å². The molecule has 5 heteroatoms. The Kier molecular flexibility index (Phi) is 5.47. The summed E-state index contributed by atoms with van der Waals surface area (Å²) in [7, 11) is -2.72. The highest BCUT2D eigenvalue weighted by atomic mass is 28.4. The summed E-state index contributed by atoms with van der Waals surface area (Å²) in [4.78, 5) is 0. The molecule has 0 amide bonds. The van der Waals surface area contributed by atoms with Gasteiger partial charge in [0.15, 0.2) is 19.5 Å². The minimum absolute atomic E-state index is 0.372. The van der Waals surface area contributed by atoms with Gasteiger partial charge in [-0.2, -0.15) is 0 Å². The van der Waals surface area contributed by atoms with Crippen molar-refractivity contribution < 1.29 is 8.23 Å². The molecule has 0 aromatic rings. The zero-order valence-electron chi connectivity index (χ0n) is 11.7. The first kappa shape index (κ1) is 15.6. The molecule has 0 saturated heterocycles. The number of rotatable bonds is 4. The van der Waals surface area contributed by atoms with Crippen LogP contribution in [0.4, 0.5) is 0 Å². The fourth-order valence-corrected chi connectivity index (χ4v) is 8.15. The van der Waals surface area contributed by atoms with E-state index in [1.165, 1.54) is 0 Å². The molecule has 92 valence electrons. The van der Waals surface area contributed by atoms with Crippen LogP contribution in [0.3, 0.4) is 0 Å². The predicted octanol–water partition coefficient (Wildman–Crippen LogP) is 2.33. The van der Waals surface area contributed by atoms with E-state index in [4.69, 9.17) is 8.23 Å². The van der Waals surface area contributed by atoms with Crippen molar-refractivity contribution in [2.75, 3.05) is 0 Å². The Morgan fingerprint density at radius 3 is 1.20 bits per heavy atom. The molecule has 0 bridgehead atoms. The normalized spacial score (nSPS) is 16.0. The van der Waals surface area contributed by atoms with Crippen molar-refractivity contribution in [3.63, 3.8) is 0 Å². The Hall–Kier alpha value is 0.571. The zero-order chi connectivity index (χ0) is 12.3. The van der Waals surface area contributed by atoms with Gasteiger partial charge >= 0.3 is 8.56 Å². The van der Waals surface area contributed by atoms with E-state index in [2.05, 4.69) is 54.6 Å². The SMILES string of the molecule is CC(C)(C)[SiH2]O[Si](C)(C)O[SiH2]C(C)(C)C. The molecule has 0 atom stereocenters. The fourth-order valence-electron chi connectivity index (χ4n) is 0.822. The van der Waals surface area contributed by atoms with Crippen LogP contribution < -0.4 is 0 Å². The number of hydrogen-bond acceptors (Lipinski definition) is 2. The smallest absolute Gasteiger partial charge is 0.310 e. The quantitative estimate of drug-likeness (QED) is 0.726.